The Morgan fingerprint density at radius 1 is 1.16 bits per heavy atom. The van der Waals surface area contributed by atoms with E-state index in [4.69, 9.17) is 15.5 Å². The van der Waals surface area contributed by atoms with Crippen LogP contribution in [0.1, 0.15) is 12.8 Å². The molecule has 0 atom stereocenters. The summed E-state index contributed by atoms with van der Waals surface area (Å²) in [6, 6.07) is 14.5. The highest BCUT2D eigenvalue weighted by Gasteiger charge is 2.21. The van der Waals surface area contributed by atoms with Crippen molar-refractivity contribution < 1.29 is 9.53 Å². The molecule has 1 amide bonds. The minimum atomic E-state index is 0.382. The van der Waals surface area contributed by atoms with Gasteiger partial charge in [0, 0.05) is 18.7 Å². The predicted molar refractivity (Wildman–Crippen MR) is 124 cm³/mol. The Bertz CT molecular complexity index is 1260. The Kier molecular flexibility index (Phi) is 5.23. The normalized spacial score (nSPS) is 14.9. The van der Waals surface area contributed by atoms with Crippen LogP contribution in [0.4, 0.5) is 5.82 Å². The Labute approximate surface area is 187 Å². The number of benzene rings is 2. The lowest BCUT2D eigenvalue weighted by Gasteiger charge is -2.28. The number of amides is 1. The first kappa shape index (κ1) is 19.8. The molecule has 4 aromatic rings. The van der Waals surface area contributed by atoms with Crippen molar-refractivity contribution in [2.75, 3.05) is 25.4 Å². The number of carbonyl (C=O) groups excluding carboxylic acids is 1. The van der Waals surface area contributed by atoms with Gasteiger partial charge in [0.2, 0.25) is 12.3 Å². The summed E-state index contributed by atoms with van der Waals surface area (Å²) < 4.78 is 8.30. The van der Waals surface area contributed by atoms with Gasteiger partial charge in [0.05, 0.1) is 12.8 Å². The molecule has 0 spiro atoms. The van der Waals surface area contributed by atoms with E-state index < -0.39 is 0 Å². The second-order valence-electron chi connectivity index (χ2n) is 7.87. The number of hydrogen-bond donors (Lipinski definition) is 1. The number of nitrogens with two attached hydrogens (primary N) is 1. The van der Waals surface area contributed by atoms with Crippen LogP contribution in [0.25, 0.3) is 27.5 Å². The molecule has 3 heterocycles. The van der Waals surface area contributed by atoms with E-state index in [1.165, 1.54) is 5.39 Å². The first-order valence-corrected chi connectivity index (χ1v) is 11.1. The third-order valence-electron chi connectivity index (χ3n) is 5.91. The van der Waals surface area contributed by atoms with E-state index in [0.717, 1.165) is 48.9 Å². The zero-order valence-corrected chi connectivity index (χ0v) is 18.5. The Morgan fingerprint density at radius 2 is 1.94 bits per heavy atom. The number of carbonyl (C=O) groups is 1. The third-order valence-corrected chi connectivity index (χ3v) is 6.65. The van der Waals surface area contributed by atoms with Gasteiger partial charge in [-0.2, -0.15) is 14.6 Å². The zero-order valence-electron chi connectivity index (χ0n) is 16.9. The van der Waals surface area contributed by atoms with Crippen LogP contribution in [0.3, 0.4) is 0 Å². The average Bonchev–Trinajstić information content (AvgIpc) is 3.24. The number of anilines is 1. The van der Waals surface area contributed by atoms with E-state index >= 15 is 0 Å². The van der Waals surface area contributed by atoms with Crippen LogP contribution in [0.2, 0.25) is 0 Å². The molecular weight excluding hydrogens is 458 g/mol. The van der Waals surface area contributed by atoms with Crippen LogP contribution in [0.15, 0.2) is 53.1 Å². The van der Waals surface area contributed by atoms with Gasteiger partial charge in [-0.25, -0.2) is 0 Å². The van der Waals surface area contributed by atoms with Crippen molar-refractivity contribution in [1.82, 2.24) is 19.5 Å². The van der Waals surface area contributed by atoms with Gasteiger partial charge in [-0.3, -0.25) is 4.79 Å². The standard InChI is InChI=1S/C23H22BrN5O2/c24-20-21(25)29-22(27-23(20)31-13-15-7-9-28(14-30)10-8-15)19(12-26-29)18-6-5-16-3-1-2-4-17(16)11-18/h1-6,11-12,14-15H,7-10,13,25H2. The minimum Gasteiger partial charge on any atom is -0.476 e. The fourth-order valence-corrected chi connectivity index (χ4v) is 4.42. The SMILES string of the molecule is Nc1c(Br)c(OCC2CCN(C=O)CC2)nc2c(-c3ccc4ccccc4c3)cnn12. The number of ether oxygens (including phenoxy) is 1. The molecule has 2 aromatic heterocycles. The van der Waals surface area contributed by atoms with E-state index in [1.807, 2.05) is 12.1 Å². The number of rotatable bonds is 5. The van der Waals surface area contributed by atoms with Crippen molar-refractivity contribution in [3.05, 3.63) is 53.1 Å². The first-order valence-electron chi connectivity index (χ1n) is 10.3. The quantitative estimate of drug-likeness (QED) is 0.434. The van der Waals surface area contributed by atoms with Gasteiger partial charge in [-0.15, -0.1) is 0 Å². The summed E-state index contributed by atoms with van der Waals surface area (Å²) in [5, 5.41) is 6.79. The molecule has 1 aliphatic rings. The molecule has 0 aliphatic carbocycles. The maximum Gasteiger partial charge on any atom is 0.233 e. The van der Waals surface area contributed by atoms with Crippen molar-refractivity contribution in [3.63, 3.8) is 0 Å². The van der Waals surface area contributed by atoms with Gasteiger partial charge < -0.3 is 15.4 Å². The highest BCUT2D eigenvalue weighted by Crippen LogP contribution is 2.34. The van der Waals surface area contributed by atoms with E-state index in [-0.39, 0.29) is 0 Å². The second-order valence-corrected chi connectivity index (χ2v) is 8.66. The first-order chi connectivity index (χ1) is 15.1. The van der Waals surface area contributed by atoms with E-state index in [2.05, 4.69) is 51.4 Å². The maximum atomic E-state index is 10.9. The molecule has 1 saturated heterocycles. The smallest absolute Gasteiger partial charge is 0.233 e. The Balaban J connectivity index is 1.46. The molecule has 7 nitrogen and oxygen atoms in total. The summed E-state index contributed by atoms with van der Waals surface area (Å²) in [4.78, 5) is 17.5. The number of nitrogens with zero attached hydrogens (tertiary/aromatic N) is 4. The summed E-state index contributed by atoms with van der Waals surface area (Å²) >= 11 is 3.52. The summed E-state index contributed by atoms with van der Waals surface area (Å²) in [6.07, 6.45) is 4.54. The van der Waals surface area contributed by atoms with Crippen molar-refractivity contribution in [3.8, 4) is 17.0 Å². The maximum absolute atomic E-state index is 10.9. The van der Waals surface area contributed by atoms with Gasteiger partial charge in [0.15, 0.2) is 5.65 Å². The molecule has 31 heavy (non-hydrogen) atoms. The molecule has 158 valence electrons. The fourth-order valence-electron chi connectivity index (χ4n) is 4.05. The molecule has 0 unspecified atom stereocenters. The lowest BCUT2D eigenvalue weighted by atomic mass is 9.98. The van der Waals surface area contributed by atoms with E-state index in [1.54, 1.807) is 15.6 Å². The molecule has 5 rings (SSSR count). The largest absolute Gasteiger partial charge is 0.476 e. The lowest BCUT2D eigenvalue weighted by molar-refractivity contribution is -0.119. The van der Waals surface area contributed by atoms with Gasteiger partial charge in [0.1, 0.15) is 10.3 Å². The molecular formula is C23H22BrN5O2. The summed E-state index contributed by atoms with van der Waals surface area (Å²) in [5.41, 5.74) is 8.91. The van der Waals surface area contributed by atoms with Crippen molar-refractivity contribution in [2.45, 2.75) is 12.8 Å². The van der Waals surface area contributed by atoms with E-state index in [9.17, 15) is 4.79 Å². The average molecular weight is 480 g/mol. The molecule has 0 radical (unpaired) electrons. The van der Waals surface area contributed by atoms with Gasteiger partial charge >= 0.3 is 0 Å². The van der Waals surface area contributed by atoms with E-state index in [0.29, 0.717) is 34.3 Å². The monoisotopic (exact) mass is 479 g/mol. The number of likely N-dealkylation sites (tertiary alicyclic amines) is 1. The predicted octanol–water partition coefficient (Wildman–Crippen LogP) is 4.14. The van der Waals surface area contributed by atoms with Crippen molar-refractivity contribution >= 4 is 44.6 Å². The summed E-state index contributed by atoms with van der Waals surface area (Å²) in [7, 11) is 0. The molecule has 1 aliphatic heterocycles. The van der Waals surface area contributed by atoms with Crippen LogP contribution in [-0.4, -0.2) is 45.6 Å². The number of fused-ring (bicyclic) bond motifs is 2. The molecule has 2 aromatic carbocycles. The number of hydrogen-bond acceptors (Lipinski definition) is 5. The lowest BCUT2D eigenvalue weighted by Crippen LogP contribution is -2.34. The highest BCUT2D eigenvalue weighted by molar-refractivity contribution is 9.10. The summed E-state index contributed by atoms with van der Waals surface area (Å²) in [6.45, 7) is 2.07. The van der Waals surface area contributed by atoms with Crippen LogP contribution in [0.5, 0.6) is 5.88 Å². The summed E-state index contributed by atoms with van der Waals surface area (Å²) in [5.74, 6) is 1.29. The number of piperidine rings is 1. The molecule has 1 fully saturated rings. The topological polar surface area (TPSA) is 85.8 Å². The third kappa shape index (κ3) is 3.72. The Hall–Kier alpha value is -3.13. The molecule has 2 N–H and O–H groups in total. The Morgan fingerprint density at radius 3 is 2.71 bits per heavy atom. The van der Waals surface area contributed by atoms with Crippen molar-refractivity contribution in [1.29, 1.82) is 0 Å². The molecule has 0 saturated carbocycles. The second kappa shape index (κ2) is 8.19. The van der Waals surface area contributed by atoms with Crippen LogP contribution in [0, 0.1) is 5.92 Å². The molecule has 8 heteroatoms. The van der Waals surface area contributed by atoms with Crippen molar-refractivity contribution in [2.24, 2.45) is 5.92 Å². The van der Waals surface area contributed by atoms with Crippen LogP contribution in [-0.2, 0) is 4.79 Å². The fraction of sp³-hybridized carbons (Fsp3) is 0.261. The van der Waals surface area contributed by atoms with Gasteiger partial charge in [-0.05, 0) is 57.1 Å². The molecule has 0 bridgehead atoms. The van der Waals surface area contributed by atoms with Gasteiger partial charge in [-0.1, -0.05) is 36.4 Å². The number of aromatic nitrogens is 3. The number of halogens is 1. The number of nitrogen functional groups attached to an aromatic ring is 1. The van der Waals surface area contributed by atoms with Gasteiger partial charge in [0.25, 0.3) is 0 Å². The van der Waals surface area contributed by atoms with Crippen LogP contribution < -0.4 is 10.5 Å². The van der Waals surface area contributed by atoms with Crippen LogP contribution >= 0.6 is 15.9 Å². The minimum absolute atomic E-state index is 0.382. The zero-order chi connectivity index (χ0) is 21.4. The highest BCUT2D eigenvalue weighted by atomic mass is 79.9.